The van der Waals surface area contributed by atoms with Gasteiger partial charge in [-0.15, -0.1) is 0 Å². The number of nitrogens with one attached hydrogen (secondary N) is 1. The van der Waals surface area contributed by atoms with Crippen LogP contribution < -0.4 is 5.32 Å². The zero-order chi connectivity index (χ0) is 15.0. The first-order valence-corrected chi connectivity index (χ1v) is 6.02. The minimum absolute atomic E-state index is 0.318. The zero-order valence-electron chi connectivity index (χ0n) is 11.0. The number of carboxylic acids is 1. The molecule has 1 rings (SSSR count). The van der Waals surface area contributed by atoms with Gasteiger partial charge in [0.25, 0.3) is 0 Å². The van der Waals surface area contributed by atoms with E-state index in [1.54, 1.807) is 18.2 Å². The molecule has 0 aromatic heterocycles. The summed E-state index contributed by atoms with van der Waals surface area (Å²) in [5, 5.41) is 10.9. The Morgan fingerprint density at radius 2 is 2.05 bits per heavy atom. The summed E-state index contributed by atoms with van der Waals surface area (Å²) < 4.78 is 4.97. The molecule has 2 N–H and O–H groups in total. The zero-order valence-corrected chi connectivity index (χ0v) is 11.0. The third kappa shape index (κ3) is 5.34. The molecule has 0 fully saturated rings. The van der Waals surface area contributed by atoms with Crippen LogP contribution in [0.1, 0.15) is 23.7 Å². The molecule has 0 aliphatic rings. The van der Waals surface area contributed by atoms with E-state index >= 15 is 0 Å². The van der Waals surface area contributed by atoms with Gasteiger partial charge in [-0.25, -0.2) is 9.59 Å². The quantitative estimate of drug-likeness (QED) is 0.611. The van der Waals surface area contributed by atoms with E-state index in [1.165, 1.54) is 6.07 Å². The van der Waals surface area contributed by atoms with Gasteiger partial charge in [0.1, 0.15) is 0 Å². The summed E-state index contributed by atoms with van der Waals surface area (Å²) in [7, 11) is 0. The Hall–Kier alpha value is -2.63. The Bertz CT molecular complexity index is 536. The van der Waals surface area contributed by atoms with Gasteiger partial charge in [-0.05, 0) is 24.6 Å². The van der Waals surface area contributed by atoms with Crippen LogP contribution in [0.4, 0.5) is 5.69 Å². The molecule has 1 aromatic carbocycles. The molecule has 0 aliphatic carbocycles. The fourth-order valence-corrected chi connectivity index (χ4v) is 1.33. The molecule has 0 atom stereocenters. The molecule has 1 amide bonds. The second-order valence-electron chi connectivity index (χ2n) is 3.88. The molecule has 6 nitrogen and oxygen atoms in total. The Labute approximate surface area is 116 Å². The maximum atomic E-state index is 11.6. The number of ether oxygens (including phenoxy) is 1. The van der Waals surface area contributed by atoms with Gasteiger partial charge >= 0.3 is 11.9 Å². The molecule has 20 heavy (non-hydrogen) atoms. The number of aliphatic carboxylic acids is 1. The van der Waals surface area contributed by atoms with Crippen molar-refractivity contribution in [2.24, 2.45) is 0 Å². The van der Waals surface area contributed by atoms with Gasteiger partial charge in [-0.3, -0.25) is 4.79 Å². The highest BCUT2D eigenvalue weighted by atomic mass is 16.5. The number of anilines is 1. The summed E-state index contributed by atoms with van der Waals surface area (Å²) in [5.41, 5.74) is 0.703. The number of hydrogen-bond acceptors (Lipinski definition) is 4. The molecule has 0 aliphatic heterocycles. The lowest BCUT2D eigenvalue weighted by Crippen LogP contribution is -2.10. The van der Waals surface area contributed by atoms with Crippen molar-refractivity contribution in [1.82, 2.24) is 0 Å². The van der Waals surface area contributed by atoms with E-state index < -0.39 is 17.8 Å². The van der Waals surface area contributed by atoms with E-state index in [0.717, 1.165) is 18.6 Å². The average Bonchev–Trinajstić information content (AvgIpc) is 2.42. The number of rotatable bonds is 6. The summed E-state index contributed by atoms with van der Waals surface area (Å²) in [5.74, 6) is -2.27. The second-order valence-corrected chi connectivity index (χ2v) is 3.88. The normalized spacial score (nSPS) is 10.2. The Balaban J connectivity index is 2.70. The number of amides is 1. The molecule has 0 heterocycles. The smallest absolute Gasteiger partial charge is 0.338 e. The minimum Gasteiger partial charge on any atom is -0.478 e. The number of benzene rings is 1. The number of carboxylic acid groups (broad SMARTS) is 1. The Morgan fingerprint density at radius 3 is 2.70 bits per heavy atom. The molecule has 0 spiro atoms. The number of hydrogen-bond donors (Lipinski definition) is 2. The van der Waals surface area contributed by atoms with E-state index in [-0.39, 0.29) is 0 Å². The van der Waals surface area contributed by atoms with Crippen molar-refractivity contribution < 1.29 is 24.2 Å². The van der Waals surface area contributed by atoms with Gasteiger partial charge in [0.15, 0.2) is 0 Å². The standard InChI is InChI=1S/C14H15NO5/c1-2-8-20-14(19)10-4-3-5-11(9-10)15-12(16)6-7-13(17)18/h3-7,9H,2,8H2,1H3,(H,15,16)(H,17,18). The van der Waals surface area contributed by atoms with Crippen molar-refractivity contribution in [2.75, 3.05) is 11.9 Å². The molecule has 0 unspecified atom stereocenters. The summed E-state index contributed by atoms with van der Waals surface area (Å²) in [6.07, 6.45) is 2.35. The van der Waals surface area contributed by atoms with E-state index in [4.69, 9.17) is 9.84 Å². The third-order valence-corrected chi connectivity index (χ3v) is 2.18. The summed E-state index contributed by atoms with van der Waals surface area (Å²) in [6, 6.07) is 6.22. The van der Waals surface area contributed by atoms with Gasteiger partial charge in [-0.2, -0.15) is 0 Å². The maximum absolute atomic E-state index is 11.6. The first kappa shape index (κ1) is 15.4. The molecule has 0 radical (unpaired) electrons. The topological polar surface area (TPSA) is 92.7 Å². The number of esters is 1. The predicted octanol–water partition coefficient (Wildman–Crippen LogP) is 1.83. The molecule has 0 bridgehead atoms. The van der Waals surface area contributed by atoms with Crippen LogP contribution in [-0.2, 0) is 14.3 Å². The minimum atomic E-state index is -1.21. The van der Waals surface area contributed by atoms with Crippen LogP contribution in [0, 0.1) is 0 Å². The third-order valence-electron chi connectivity index (χ3n) is 2.18. The van der Waals surface area contributed by atoms with Crippen LogP contribution in [0.15, 0.2) is 36.4 Å². The first-order valence-electron chi connectivity index (χ1n) is 6.02. The van der Waals surface area contributed by atoms with Gasteiger partial charge < -0.3 is 15.2 Å². The van der Waals surface area contributed by atoms with Crippen molar-refractivity contribution in [1.29, 1.82) is 0 Å². The number of carbonyl (C=O) groups excluding carboxylic acids is 2. The van der Waals surface area contributed by atoms with Crippen LogP contribution in [0.3, 0.4) is 0 Å². The van der Waals surface area contributed by atoms with Crippen molar-refractivity contribution in [2.45, 2.75) is 13.3 Å². The van der Waals surface area contributed by atoms with Gasteiger partial charge in [0.05, 0.1) is 12.2 Å². The first-order chi connectivity index (χ1) is 9.52. The predicted molar refractivity (Wildman–Crippen MR) is 72.4 cm³/mol. The van der Waals surface area contributed by atoms with Crippen LogP contribution in [0.5, 0.6) is 0 Å². The van der Waals surface area contributed by atoms with E-state index in [0.29, 0.717) is 17.9 Å². The van der Waals surface area contributed by atoms with Crippen molar-refractivity contribution in [3.63, 3.8) is 0 Å². The van der Waals surface area contributed by atoms with E-state index in [1.807, 2.05) is 6.92 Å². The summed E-state index contributed by atoms with van der Waals surface area (Å²) in [4.78, 5) is 33.3. The second kappa shape index (κ2) is 7.73. The molecule has 1 aromatic rings. The summed E-state index contributed by atoms with van der Waals surface area (Å²) in [6.45, 7) is 2.22. The lowest BCUT2D eigenvalue weighted by atomic mass is 10.2. The monoisotopic (exact) mass is 277 g/mol. The molecule has 0 saturated heterocycles. The molecular weight excluding hydrogens is 262 g/mol. The van der Waals surface area contributed by atoms with Crippen LogP contribution in [-0.4, -0.2) is 29.6 Å². The van der Waals surface area contributed by atoms with Crippen LogP contribution in [0.2, 0.25) is 0 Å². The molecule has 106 valence electrons. The SMILES string of the molecule is CCCOC(=O)c1cccc(NC(=O)C=CC(=O)O)c1. The highest BCUT2D eigenvalue weighted by Gasteiger charge is 2.08. The number of carbonyl (C=O) groups is 3. The highest BCUT2D eigenvalue weighted by molar-refractivity contribution is 6.03. The maximum Gasteiger partial charge on any atom is 0.338 e. The highest BCUT2D eigenvalue weighted by Crippen LogP contribution is 2.12. The molecule has 0 saturated carbocycles. The Morgan fingerprint density at radius 1 is 1.30 bits per heavy atom. The molecule has 6 heteroatoms. The lowest BCUT2D eigenvalue weighted by Gasteiger charge is -2.06. The van der Waals surface area contributed by atoms with Crippen molar-refractivity contribution >= 4 is 23.5 Å². The van der Waals surface area contributed by atoms with Gasteiger partial charge in [-0.1, -0.05) is 13.0 Å². The van der Waals surface area contributed by atoms with Crippen LogP contribution >= 0.6 is 0 Å². The largest absolute Gasteiger partial charge is 0.478 e. The fraction of sp³-hybridized carbons (Fsp3) is 0.214. The van der Waals surface area contributed by atoms with Crippen molar-refractivity contribution in [3.05, 3.63) is 42.0 Å². The lowest BCUT2D eigenvalue weighted by molar-refractivity contribution is -0.131. The van der Waals surface area contributed by atoms with Crippen LogP contribution in [0.25, 0.3) is 0 Å². The summed E-state index contributed by atoms with van der Waals surface area (Å²) >= 11 is 0. The fourth-order valence-electron chi connectivity index (χ4n) is 1.33. The van der Waals surface area contributed by atoms with E-state index in [9.17, 15) is 14.4 Å². The Kier molecular flexibility index (Phi) is 5.96. The molecular formula is C14H15NO5. The van der Waals surface area contributed by atoms with Crippen molar-refractivity contribution in [3.8, 4) is 0 Å². The van der Waals surface area contributed by atoms with E-state index in [2.05, 4.69) is 5.32 Å². The van der Waals surface area contributed by atoms with Gasteiger partial charge in [0, 0.05) is 17.8 Å². The average molecular weight is 277 g/mol. The van der Waals surface area contributed by atoms with Gasteiger partial charge in [0.2, 0.25) is 5.91 Å².